The van der Waals surface area contributed by atoms with Gasteiger partial charge in [0.15, 0.2) is 0 Å². The Balaban J connectivity index is 1.52. The second-order valence-corrected chi connectivity index (χ2v) is 6.98. The Morgan fingerprint density at radius 2 is 1.39 bits per heavy atom. The summed E-state index contributed by atoms with van der Waals surface area (Å²) in [5.74, 6) is 8.37. The third-order valence-electron chi connectivity index (χ3n) is 5.06. The summed E-state index contributed by atoms with van der Waals surface area (Å²) in [7, 11) is 0. The van der Waals surface area contributed by atoms with Crippen molar-refractivity contribution in [2.24, 2.45) is 11.8 Å². The molecule has 0 radical (unpaired) electrons. The highest BCUT2D eigenvalue weighted by Gasteiger charge is 2.17. The molecule has 0 unspecified atom stereocenters. The van der Waals surface area contributed by atoms with Gasteiger partial charge in [0, 0.05) is 11.1 Å². The van der Waals surface area contributed by atoms with Gasteiger partial charge in [-0.25, -0.2) is 0 Å². The van der Waals surface area contributed by atoms with E-state index in [0.717, 1.165) is 23.0 Å². The fourth-order valence-corrected chi connectivity index (χ4v) is 3.41. The monoisotopic (exact) mass is 302 g/mol. The Kier molecular flexibility index (Phi) is 5.54. The first kappa shape index (κ1) is 15.9. The molecule has 0 bridgehead atoms. The Morgan fingerprint density at radius 1 is 0.783 bits per heavy atom. The maximum Gasteiger partial charge on any atom is 0.0249 e. The van der Waals surface area contributed by atoms with Crippen LogP contribution < -0.4 is 0 Å². The van der Waals surface area contributed by atoms with Crippen molar-refractivity contribution in [1.82, 2.24) is 0 Å². The van der Waals surface area contributed by atoms with Crippen LogP contribution in [-0.4, -0.2) is 0 Å². The lowest BCUT2D eigenvalue weighted by Gasteiger charge is -2.26. The van der Waals surface area contributed by atoms with Crippen molar-refractivity contribution in [2.45, 2.75) is 45.4 Å². The highest BCUT2D eigenvalue weighted by atomic mass is 14.2. The lowest BCUT2D eigenvalue weighted by Crippen LogP contribution is -2.12. The number of hydrogen-bond acceptors (Lipinski definition) is 0. The van der Waals surface area contributed by atoms with Gasteiger partial charge in [0.2, 0.25) is 0 Å². The van der Waals surface area contributed by atoms with Gasteiger partial charge in [-0.2, -0.15) is 0 Å². The van der Waals surface area contributed by atoms with Crippen LogP contribution in [0.5, 0.6) is 0 Å². The van der Waals surface area contributed by atoms with E-state index in [2.05, 4.69) is 43.0 Å². The minimum Gasteiger partial charge on any atom is -0.0625 e. The standard InChI is InChI=1S/C23H26/c1-19-7-9-21(10-8-19)13-14-23-17-15-22(16-18-23)12-11-20-5-3-2-4-6-20/h2-6,15-19,21H,7-10,13-14H2,1H3. The summed E-state index contributed by atoms with van der Waals surface area (Å²) in [5, 5.41) is 0. The smallest absolute Gasteiger partial charge is 0.0249 e. The maximum atomic E-state index is 3.25. The Morgan fingerprint density at radius 3 is 2.04 bits per heavy atom. The highest BCUT2D eigenvalue weighted by molar-refractivity contribution is 5.43. The average Bonchev–Trinajstić information content (AvgIpc) is 2.61. The molecule has 3 rings (SSSR count). The molecule has 118 valence electrons. The minimum atomic E-state index is 0.948. The normalized spacial score (nSPS) is 20.6. The summed E-state index contributed by atoms with van der Waals surface area (Å²) in [4.78, 5) is 0. The fraction of sp³-hybridized carbons (Fsp3) is 0.391. The van der Waals surface area contributed by atoms with E-state index >= 15 is 0 Å². The molecule has 2 aromatic carbocycles. The summed E-state index contributed by atoms with van der Waals surface area (Å²) in [6.45, 7) is 2.39. The van der Waals surface area contributed by atoms with E-state index in [4.69, 9.17) is 0 Å². The molecule has 0 heteroatoms. The molecule has 1 fully saturated rings. The van der Waals surface area contributed by atoms with Crippen LogP contribution in [0.25, 0.3) is 0 Å². The number of rotatable bonds is 3. The van der Waals surface area contributed by atoms with Gasteiger partial charge in [0.05, 0.1) is 0 Å². The zero-order chi connectivity index (χ0) is 15.9. The average molecular weight is 302 g/mol. The van der Waals surface area contributed by atoms with E-state index in [1.54, 1.807) is 0 Å². The quantitative estimate of drug-likeness (QED) is 0.624. The molecule has 0 spiro atoms. The van der Waals surface area contributed by atoms with Crippen LogP contribution in [0.2, 0.25) is 0 Å². The molecule has 0 amide bonds. The Bertz CT molecular complexity index is 647. The maximum absolute atomic E-state index is 3.25. The molecule has 0 saturated heterocycles. The van der Waals surface area contributed by atoms with Crippen LogP contribution in [-0.2, 0) is 6.42 Å². The van der Waals surface area contributed by atoms with E-state index in [1.165, 1.54) is 44.1 Å². The van der Waals surface area contributed by atoms with Gasteiger partial charge in [0.1, 0.15) is 0 Å². The first-order chi connectivity index (χ1) is 11.3. The molecule has 0 heterocycles. The SMILES string of the molecule is CC1CCC(CCc2ccc(C#Cc3ccccc3)cc2)CC1. The van der Waals surface area contributed by atoms with Gasteiger partial charge < -0.3 is 0 Å². The van der Waals surface area contributed by atoms with Gasteiger partial charge in [-0.15, -0.1) is 0 Å². The van der Waals surface area contributed by atoms with Crippen LogP contribution in [0.1, 0.15) is 55.7 Å². The summed E-state index contributed by atoms with van der Waals surface area (Å²) in [5.41, 5.74) is 3.63. The lowest BCUT2D eigenvalue weighted by atomic mass is 9.80. The molecule has 1 saturated carbocycles. The molecule has 23 heavy (non-hydrogen) atoms. The van der Waals surface area contributed by atoms with Crippen LogP contribution in [0, 0.1) is 23.7 Å². The first-order valence-electron chi connectivity index (χ1n) is 8.95. The van der Waals surface area contributed by atoms with Crippen LogP contribution in [0.15, 0.2) is 54.6 Å². The van der Waals surface area contributed by atoms with E-state index in [0.29, 0.717) is 0 Å². The fourth-order valence-electron chi connectivity index (χ4n) is 3.41. The zero-order valence-corrected chi connectivity index (χ0v) is 14.1. The van der Waals surface area contributed by atoms with Crippen molar-refractivity contribution in [3.63, 3.8) is 0 Å². The summed E-state index contributed by atoms with van der Waals surface area (Å²) in [6, 6.07) is 19.0. The predicted molar refractivity (Wildman–Crippen MR) is 98.3 cm³/mol. The molecule has 0 atom stereocenters. The van der Waals surface area contributed by atoms with Crippen LogP contribution in [0.3, 0.4) is 0 Å². The third-order valence-corrected chi connectivity index (χ3v) is 5.06. The van der Waals surface area contributed by atoms with Gasteiger partial charge in [0.25, 0.3) is 0 Å². The third kappa shape index (κ3) is 5.00. The van der Waals surface area contributed by atoms with Gasteiger partial charge in [-0.1, -0.05) is 74.8 Å². The van der Waals surface area contributed by atoms with Crippen molar-refractivity contribution in [3.8, 4) is 11.8 Å². The summed E-state index contributed by atoms with van der Waals surface area (Å²) >= 11 is 0. The first-order valence-corrected chi connectivity index (χ1v) is 8.95. The second-order valence-electron chi connectivity index (χ2n) is 6.98. The van der Waals surface area contributed by atoms with Gasteiger partial charge in [-0.3, -0.25) is 0 Å². The molecule has 2 aromatic rings. The molecule has 0 aromatic heterocycles. The van der Waals surface area contributed by atoms with Crippen molar-refractivity contribution in [1.29, 1.82) is 0 Å². The van der Waals surface area contributed by atoms with Gasteiger partial charge in [-0.05, 0) is 54.5 Å². The van der Waals surface area contributed by atoms with E-state index in [9.17, 15) is 0 Å². The Hall–Kier alpha value is -2.00. The van der Waals surface area contributed by atoms with E-state index in [-0.39, 0.29) is 0 Å². The summed E-state index contributed by atoms with van der Waals surface area (Å²) < 4.78 is 0. The second kappa shape index (κ2) is 8.02. The van der Waals surface area contributed by atoms with Crippen LogP contribution in [0.4, 0.5) is 0 Å². The Labute approximate surface area is 140 Å². The molecular weight excluding hydrogens is 276 g/mol. The topological polar surface area (TPSA) is 0 Å². The van der Waals surface area contributed by atoms with Crippen molar-refractivity contribution in [2.75, 3.05) is 0 Å². The van der Waals surface area contributed by atoms with E-state index < -0.39 is 0 Å². The number of aryl methyl sites for hydroxylation is 1. The van der Waals surface area contributed by atoms with Crippen LogP contribution >= 0.6 is 0 Å². The molecule has 0 aliphatic heterocycles. The summed E-state index contributed by atoms with van der Waals surface area (Å²) in [6.07, 6.45) is 8.29. The molecule has 0 nitrogen and oxygen atoms in total. The molecular formula is C23H26. The highest BCUT2D eigenvalue weighted by Crippen LogP contribution is 2.31. The van der Waals surface area contributed by atoms with Crippen molar-refractivity contribution in [3.05, 3.63) is 71.3 Å². The molecule has 0 N–H and O–H groups in total. The molecule has 1 aliphatic rings. The minimum absolute atomic E-state index is 0.948. The predicted octanol–water partition coefficient (Wildman–Crippen LogP) is 5.85. The van der Waals surface area contributed by atoms with E-state index in [1.807, 2.05) is 30.3 Å². The lowest BCUT2D eigenvalue weighted by molar-refractivity contribution is 0.278. The van der Waals surface area contributed by atoms with Crippen molar-refractivity contribution < 1.29 is 0 Å². The molecule has 1 aliphatic carbocycles. The zero-order valence-electron chi connectivity index (χ0n) is 14.1. The van der Waals surface area contributed by atoms with Gasteiger partial charge >= 0.3 is 0 Å². The largest absolute Gasteiger partial charge is 0.0625 e. The van der Waals surface area contributed by atoms with Crippen molar-refractivity contribution >= 4 is 0 Å². The number of benzene rings is 2. The number of hydrogen-bond donors (Lipinski definition) is 0.